The van der Waals surface area contributed by atoms with Crippen LogP contribution in [0.5, 0.6) is 0 Å². The first kappa shape index (κ1) is 13.4. The van der Waals surface area contributed by atoms with Crippen LogP contribution in [-0.4, -0.2) is 26.4 Å². The van der Waals surface area contributed by atoms with Crippen molar-refractivity contribution in [2.45, 2.75) is 33.5 Å². The molecule has 0 radical (unpaired) electrons. The fourth-order valence-electron chi connectivity index (χ4n) is 1.38. The maximum Gasteiger partial charge on any atom is 0.221 e. The Morgan fingerprint density at radius 1 is 1.29 bits per heavy atom. The molecule has 0 saturated heterocycles. The summed E-state index contributed by atoms with van der Waals surface area (Å²) in [7, 11) is 3.10. The number of rotatable bonds is 5. The molecule has 0 aromatic rings. The van der Waals surface area contributed by atoms with Gasteiger partial charge in [0.1, 0.15) is 0 Å². The van der Waals surface area contributed by atoms with Crippen molar-refractivity contribution in [3.05, 3.63) is 0 Å². The van der Waals surface area contributed by atoms with Crippen LogP contribution in [0.1, 0.15) is 27.2 Å². The molecule has 0 aromatic heterocycles. The van der Waals surface area contributed by atoms with Crippen LogP contribution >= 0.6 is 0 Å². The Kier molecular flexibility index (Phi) is 5.08. The summed E-state index contributed by atoms with van der Waals surface area (Å²) in [5.74, 6) is -0.552. The topological polar surface area (TPSA) is 61.5 Å². The van der Waals surface area contributed by atoms with E-state index in [0.29, 0.717) is 6.42 Å². The largest absolute Gasteiger partial charge is 0.369 e. The molecule has 0 saturated carbocycles. The molecule has 2 N–H and O–H groups in total. The Morgan fingerprint density at radius 3 is 1.93 bits per heavy atom. The van der Waals surface area contributed by atoms with Gasteiger partial charge in [-0.25, -0.2) is 0 Å². The molecule has 84 valence electrons. The van der Waals surface area contributed by atoms with E-state index in [1.165, 1.54) is 0 Å². The van der Waals surface area contributed by atoms with Crippen molar-refractivity contribution in [2.24, 2.45) is 17.1 Å². The van der Waals surface area contributed by atoms with Gasteiger partial charge in [0.2, 0.25) is 5.91 Å². The zero-order valence-corrected chi connectivity index (χ0v) is 9.66. The number of hydrogen-bond acceptors (Lipinski definition) is 3. The van der Waals surface area contributed by atoms with Crippen LogP contribution in [-0.2, 0) is 14.3 Å². The third kappa shape index (κ3) is 4.07. The lowest BCUT2D eigenvalue weighted by atomic mass is 9.78. The molecule has 0 aliphatic heterocycles. The third-order valence-electron chi connectivity index (χ3n) is 2.34. The average molecular weight is 203 g/mol. The molecule has 4 nitrogen and oxygen atoms in total. The van der Waals surface area contributed by atoms with Crippen LogP contribution in [0, 0.1) is 11.3 Å². The van der Waals surface area contributed by atoms with E-state index in [0.717, 1.165) is 0 Å². The minimum atomic E-state index is -0.369. The zero-order chi connectivity index (χ0) is 11.4. The van der Waals surface area contributed by atoms with Gasteiger partial charge in [0.05, 0.1) is 0 Å². The predicted octanol–water partition coefficient (Wildman–Crippen LogP) is 1.14. The van der Waals surface area contributed by atoms with Crippen molar-refractivity contribution in [3.8, 4) is 0 Å². The Morgan fingerprint density at radius 2 is 1.71 bits per heavy atom. The second-order valence-corrected chi connectivity index (χ2v) is 4.46. The molecule has 14 heavy (non-hydrogen) atoms. The highest BCUT2D eigenvalue weighted by Crippen LogP contribution is 2.30. The van der Waals surface area contributed by atoms with Crippen molar-refractivity contribution in [1.29, 1.82) is 0 Å². The van der Waals surface area contributed by atoms with E-state index in [9.17, 15) is 4.79 Å². The fraction of sp³-hybridized carbons (Fsp3) is 0.900. The van der Waals surface area contributed by atoms with Crippen molar-refractivity contribution in [3.63, 3.8) is 0 Å². The van der Waals surface area contributed by atoms with Crippen molar-refractivity contribution in [2.75, 3.05) is 14.2 Å². The van der Waals surface area contributed by atoms with Crippen LogP contribution < -0.4 is 5.73 Å². The molecular weight excluding hydrogens is 182 g/mol. The molecule has 4 heteroatoms. The monoisotopic (exact) mass is 203 g/mol. The lowest BCUT2D eigenvalue weighted by Crippen LogP contribution is -2.37. The Hall–Kier alpha value is -0.610. The second kappa shape index (κ2) is 5.32. The Balaban J connectivity index is 4.45. The van der Waals surface area contributed by atoms with Gasteiger partial charge in [0.25, 0.3) is 0 Å². The minimum absolute atomic E-state index is 0.166. The van der Waals surface area contributed by atoms with Gasteiger partial charge in [-0.1, -0.05) is 20.8 Å². The van der Waals surface area contributed by atoms with Crippen LogP contribution in [0.25, 0.3) is 0 Å². The summed E-state index contributed by atoms with van der Waals surface area (Å²) in [5, 5.41) is 0. The fourth-order valence-corrected chi connectivity index (χ4v) is 1.38. The maximum absolute atomic E-state index is 11.2. The van der Waals surface area contributed by atoms with Crippen LogP contribution in [0.4, 0.5) is 0 Å². The van der Waals surface area contributed by atoms with Gasteiger partial charge in [0, 0.05) is 26.6 Å². The standard InChI is InChI=1S/C10H21NO3/c1-10(2,3)7(9(11)12)6-8(13-4)14-5/h7-8H,6H2,1-5H3,(H2,11,12). The van der Waals surface area contributed by atoms with E-state index >= 15 is 0 Å². The first-order chi connectivity index (χ1) is 6.32. The summed E-state index contributed by atoms with van der Waals surface area (Å²) >= 11 is 0. The molecule has 0 fully saturated rings. The predicted molar refractivity (Wildman–Crippen MR) is 54.6 cm³/mol. The second-order valence-electron chi connectivity index (χ2n) is 4.46. The summed E-state index contributed by atoms with van der Waals surface area (Å²) in [6, 6.07) is 0. The van der Waals surface area contributed by atoms with Gasteiger partial charge in [-0.2, -0.15) is 0 Å². The Labute approximate surface area is 85.8 Å². The van der Waals surface area contributed by atoms with E-state index in [4.69, 9.17) is 15.2 Å². The molecule has 0 aromatic carbocycles. The smallest absolute Gasteiger partial charge is 0.221 e. The molecule has 1 atom stereocenters. The van der Waals surface area contributed by atoms with Crippen molar-refractivity contribution >= 4 is 5.91 Å². The van der Waals surface area contributed by atoms with Crippen LogP contribution in [0.3, 0.4) is 0 Å². The van der Waals surface area contributed by atoms with Gasteiger partial charge >= 0.3 is 0 Å². The lowest BCUT2D eigenvalue weighted by molar-refractivity contribution is -0.140. The summed E-state index contributed by atoms with van der Waals surface area (Å²) < 4.78 is 10.1. The molecule has 1 amide bonds. The zero-order valence-electron chi connectivity index (χ0n) is 9.66. The molecule has 0 aliphatic rings. The molecule has 0 spiro atoms. The molecule has 1 unspecified atom stereocenters. The number of carbonyl (C=O) groups excluding carboxylic acids is 1. The average Bonchev–Trinajstić information content (AvgIpc) is 2.03. The van der Waals surface area contributed by atoms with Gasteiger partial charge < -0.3 is 15.2 Å². The lowest BCUT2D eigenvalue weighted by Gasteiger charge is -2.30. The normalized spacial score (nSPS) is 14.4. The van der Waals surface area contributed by atoms with Crippen LogP contribution in [0.2, 0.25) is 0 Å². The van der Waals surface area contributed by atoms with E-state index in [1.54, 1.807) is 14.2 Å². The molecular formula is C10H21NO3. The number of hydrogen-bond donors (Lipinski definition) is 1. The number of primary amides is 1. The van der Waals surface area contributed by atoms with Gasteiger partial charge in [-0.3, -0.25) is 4.79 Å². The number of methoxy groups -OCH3 is 2. The highest BCUT2D eigenvalue weighted by Gasteiger charge is 2.32. The first-order valence-corrected chi connectivity index (χ1v) is 4.67. The number of nitrogens with two attached hydrogens (primary N) is 1. The van der Waals surface area contributed by atoms with Crippen molar-refractivity contribution in [1.82, 2.24) is 0 Å². The summed E-state index contributed by atoms with van der Waals surface area (Å²) in [5.41, 5.74) is 5.16. The third-order valence-corrected chi connectivity index (χ3v) is 2.34. The molecule has 0 heterocycles. The quantitative estimate of drug-likeness (QED) is 0.682. The van der Waals surface area contributed by atoms with Gasteiger partial charge in [0.15, 0.2) is 6.29 Å². The number of ether oxygens (including phenoxy) is 2. The molecule has 0 aliphatic carbocycles. The van der Waals surface area contributed by atoms with Gasteiger partial charge in [-0.15, -0.1) is 0 Å². The van der Waals surface area contributed by atoms with E-state index in [2.05, 4.69) is 0 Å². The number of amides is 1. The van der Waals surface area contributed by atoms with Crippen molar-refractivity contribution < 1.29 is 14.3 Å². The first-order valence-electron chi connectivity index (χ1n) is 4.67. The van der Waals surface area contributed by atoms with Gasteiger partial charge in [-0.05, 0) is 5.41 Å². The Bertz CT molecular complexity index is 182. The summed E-state index contributed by atoms with van der Waals surface area (Å²) in [6.07, 6.45) is 0.123. The van der Waals surface area contributed by atoms with E-state index < -0.39 is 0 Å². The van der Waals surface area contributed by atoms with E-state index in [-0.39, 0.29) is 23.5 Å². The molecule has 0 bridgehead atoms. The number of carbonyl (C=O) groups is 1. The van der Waals surface area contributed by atoms with E-state index in [1.807, 2.05) is 20.8 Å². The summed E-state index contributed by atoms with van der Waals surface area (Å²) in [4.78, 5) is 11.2. The highest BCUT2D eigenvalue weighted by molar-refractivity contribution is 5.77. The maximum atomic E-state index is 11.2. The summed E-state index contributed by atoms with van der Waals surface area (Å²) in [6.45, 7) is 5.93. The highest BCUT2D eigenvalue weighted by atomic mass is 16.7. The minimum Gasteiger partial charge on any atom is -0.369 e. The SMILES string of the molecule is COC(CC(C(N)=O)C(C)(C)C)OC. The van der Waals surface area contributed by atoms with Crippen LogP contribution in [0.15, 0.2) is 0 Å². The molecule has 0 rings (SSSR count).